The molecule has 1 aromatic heterocycles. The van der Waals surface area contributed by atoms with Crippen LogP contribution in [0.25, 0.3) is 0 Å². The summed E-state index contributed by atoms with van der Waals surface area (Å²) in [6, 6.07) is 0.521. The van der Waals surface area contributed by atoms with Gasteiger partial charge >= 0.3 is 0 Å². The third-order valence-electron chi connectivity index (χ3n) is 3.17. The minimum atomic E-state index is 0.521. The molecule has 3 nitrogen and oxygen atoms in total. The van der Waals surface area contributed by atoms with E-state index in [9.17, 15) is 0 Å². The van der Waals surface area contributed by atoms with E-state index in [1.54, 1.807) is 11.3 Å². The maximum atomic E-state index is 4.69. The first-order chi connectivity index (χ1) is 8.63. The van der Waals surface area contributed by atoms with Crippen LogP contribution in [0.5, 0.6) is 0 Å². The van der Waals surface area contributed by atoms with Gasteiger partial charge in [0.25, 0.3) is 0 Å². The van der Waals surface area contributed by atoms with E-state index in [4.69, 9.17) is 0 Å². The maximum absolute atomic E-state index is 4.69. The highest BCUT2D eigenvalue weighted by Crippen LogP contribution is 2.15. The monoisotopic (exact) mass is 265 g/mol. The fourth-order valence-corrected chi connectivity index (χ4v) is 2.72. The molecule has 0 atom stereocenters. The molecule has 0 amide bonds. The number of hydrogen-bond acceptors (Lipinski definition) is 4. The van der Waals surface area contributed by atoms with Gasteiger partial charge in [-0.25, -0.2) is 4.98 Å². The van der Waals surface area contributed by atoms with Crippen molar-refractivity contribution >= 4 is 11.3 Å². The van der Waals surface area contributed by atoms with Crippen molar-refractivity contribution < 1.29 is 0 Å². The van der Waals surface area contributed by atoms with E-state index in [-0.39, 0.29) is 0 Å². The number of nitrogens with zero attached hydrogens (tertiary/aromatic N) is 2. The van der Waals surface area contributed by atoms with Gasteiger partial charge in [-0.05, 0) is 13.3 Å². The number of rotatable bonds is 5. The fourth-order valence-electron chi connectivity index (χ4n) is 1.98. The second kappa shape index (κ2) is 6.45. The molecule has 0 aliphatic carbocycles. The standard InChI is InChI=1S/C14H23N3S/c1-11(2)15-8-14-16-13(10-18-14)9-17-6-4-12(3)5-7-17/h4,10-11,15H,5-9H2,1-3H3. The Kier molecular flexibility index (Phi) is 4.92. The van der Waals surface area contributed by atoms with Gasteiger partial charge in [-0.3, -0.25) is 4.90 Å². The first-order valence-electron chi connectivity index (χ1n) is 6.68. The van der Waals surface area contributed by atoms with E-state index in [0.29, 0.717) is 6.04 Å². The Balaban J connectivity index is 1.83. The van der Waals surface area contributed by atoms with Crippen molar-refractivity contribution in [2.75, 3.05) is 13.1 Å². The van der Waals surface area contributed by atoms with Crippen LogP contribution in [0.1, 0.15) is 37.9 Å². The molecule has 1 N–H and O–H groups in total. The van der Waals surface area contributed by atoms with Crippen molar-refractivity contribution in [1.29, 1.82) is 0 Å². The Morgan fingerprint density at radius 3 is 3.00 bits per heavy atom. The van der Waals surface area contributed by atoms with Gasteiger partial charge in [0.2, 0.25) is 0 Å². The van der Waals surface area contributed by atoms with Crippen LogP contribution >= 0.6 is 11.3 Å². The third kappa shape index (κ3) is 4.19. The Labute approximate surface area is 114 Å². The molecule has 100 valence electrons. The molecule has 0 spiro atoms. The van der Waals surface area contributed by atoms with Crippen LogP contribution in [-0.4, -0.2) is 29.0 Å². The summed E-state index contributed by atoms with van der Waals surface area (Å²) in [6.07, 6.45) is 3.53. The average molecular weight is 265 g/mol. The van der Waals surface area contributed by atoms with Gasteiger partial charge in [-0.15, -0.1) is 11.3 Å². The zero-order chi connectivity index (χ0) is 13.0. The first-order valence-corrected chi connectivity index (χ1v) is 7.56. The fraction of sp³-hybridized carbons (Fsp3) is 0.643. The number of nitrogens with one attached hydrogen (secondary N) is 1. The van der Waals surface area contributed by atoms with Gasteiger partial charge in [-0.2, -0.15) is 0 Å². The van der Waals surface area contributed by atoms with Gasteiger partial charge in [0.1, 0.15) is 5.01 Å². The summed E-state index contributed by atoms with van der Waals surface area (Å²) in [6.45, 7) is 10.7. The van der Waals surface area contributed by atoms with Gasteiger partial charge < -0.3 is 5.32 Å². The highest BCUT2D eigenvalue weighted by Gasteiger charge is 2.11. The molecule has 0 bridgehead atoms. The van der Waals surface area contributed by atoms with Crippen LogP contribution in [0.3, 0.4) is 0 Å². The Morgan fingerprint density at radius 2 is 2.33 bits per heavy atom. The Bertz CT molecular complexity index is 409. The number of hydrogen-bond donors (Lipinski definition) is 1. The van der Waals surface area contributed by atoms with Crippen LogP contribution < -0.4 is 5.32 Å². The van der Waals surface area contributed by atoms with Gasteiger partial charge in [0.15, 0.2) is 0 Å². The maximum Gasteiger partial charge on any atom is 0.107 e. The van der Waals surface area contributed by atoms with Crippen LogP contribution in [0.4, 0.5) is 0 Å². The molecule has 1 aliphatic heterocycles. The van der Waals surface area contributed by atoms with Crippen molar-refractivity contribution in [3.8, 4) is 0 Å². The first kappa shape index (κ1) is 13.7. The van der Waals surface area contributed by atoms with E-state index in [1.807, 2.05) is 0 Å². The normalized spacial score (nSPS) is 17.2. The molecular weight excluding hydrogens is 242 g/mol. The van der Waals surface area contributed by atoms with Crippen LogP contribution in [0, 0.1) is 0 Å². The van der Waals surface area contributed by atoms with Crippen molar-refractivity contribution in [2.45, 2.75) is 46.3 Å². The molecule has 18 heavy (non-hydrogen) atoms. The molecular formula is C14H23N3S. The van der Waals surface area contributed by atoms with Crippen LogP contribution in [0.15, 0.2) is 17.0 Å². The van der Waals surface area contributed by atoms with E-state index in [2.05, 4.69) is 47.4 Å². The van der Waals surface area contributed by atoms with E-state index in [0.717, 1.165) is 19.6 Å². The lowest BCUT2D eigenvalue weighted by atomic mass is 10.1. The van der Waals surface area contributed by atoms with Gasteiger partial charge in [0, 0.05) is 37.6 Å². The average Bonchev–Trinajstić information content (AvgIpc) is 2.77. The molecule has 1 aliphatic rings. The molecule has 1 aromatic rings. The van der Waals surface area contributed by atoms with Crippen LogP contribution in [0.2, 0.25) is 0 Å². The predicted molar refractivity (Wildman–Crippen MR) is 77.7 cm³/mol. The molecule has 2 heterocycles. The van der Waals surface area contributed by atoms with E-state index < -0.39 is 0 Å². The summed E-state index contributed by atoms with van der Waals surface area (Å²) in [7, 11) is 0. The molecule has 0 saturated heterocycles. The summed E-state index contributed by atoms with van der Waals surface area (Å²) in [5.41, 5.74) is 2.74. The molecule has 2 rings (SSSR count). The second-order valence-corrected chi connectivity index (χ2v) is 6.25. The van der Waals surface area contributed by atoms with Gasteiger partial charge in [0.05, 0.1) is 5.69 Å². The highest BCUT2D eigenvalue weighted by molar-refractivity contribution is 7.09. The summed E-state index contributed by atoms with van der Waals surface area (Å²) in [4.78, 5) is 7.15. The highest BCUT2D eigenvalue weighted by atomic mass is 32.1. The van der Waals surface area contributed by atoms with Crippen LogP contribution in [-0.2, 0) is 13.1 Å². The topological polar surface area (TPSA) is 28.2 Å². The molecule has 0 fully saturated rings. The summed E-state index contributed by atoms with van der Waals surface area (Å²) >= 11 is 1.76. The molecule has 0 unspecified atom stereocenters. The predicted octanol–water partition coefficient (Wildman–Crippen LogP) is 2.79. The van der Waals surface area contributed by atoms with Crippen molar-refractivity contribution in [3.63, 3.8) is 0 Å². The summed E-state index contributed by atoms with van der Waals surface area (Å²) < 4.78 is 0. The lowest BCUT2D eigenvalue weighted by Crippen LogP contribution is -2.28. The number of thiazole rings is 1. The summed E-state index contributed by atoms with van der Waals surface area (Å²) in [5.74, 6) is 0. The van der Waals surface area contributed by atoms with Gasteiger partial charge in [-0.1, -0.05) is 25.5 Å². The third-order valence-corrected chi connectivity index (χ3v) is 4.06. The van der Waals surface area contributed by atoms with E-state index >= 15 is 0 Å². The second-order valence-electron chi connectivity index (χ2n) is 5.30. The van der Waals surface area contributed by atoms with Crippen molar-refractivity contribution in [3.05, 3.63) is 27.7 Å². The molecule has 0 aromatic carbocycles. The lowest BCUT2D eigenvalue weighted by molar-refractivity contribution is 0.283. The van der Waals surface area contributed by atoms with E-state index in [1.165, 1.54) is 29.2 Å². The quantitative estimate of drug-likeness (QED) is 0.830. The summed E-state index contributed by atoms with van der Waals surface area (Å²) in [5, 5.41) is 6.80. The molecule has 4 heteroatoms. The zero-order valence-corrected chi connectivity index (χ0v) is 12.4. The SMILES string of the molecule is CC1=CCN(Cc2csc(CNC(C)C)n2)CC1. The Hall–Kier alpha value is -0.710. The van der Waals surface area contributed by atoms with Crippen molar-refractivity contribution in [1.82, 2.24) is 15.2 Å². The number of aromatic nitrogens is 1. The zero-order valence-electron chi connectivity index (χ0n) is 11.6. The van der Waals surface area contributed by atoms with Crippen molar-refractivity contribution in [2.24, 2.45) is 0 Å². The molecule has 0 saturated carbocycles. The minimum Gasteiger partial charge on any atom is -0.308 e. The minimum absolute atomic E-state index is 0.521. The largest absolute Gasteiger partial charge is 0.308 e. The smallest absolute Gasteiger partial charge is 0.107 e. The Morgan fingerprint density at radius 1 is 1.50 bits per heavy atom. The lowest BCUT2D eigenvalue weighted by Gasteiger charge is -2.24. The molecule has 0 radical (unpaired) electrons.